The Morgan fingerprint density at radius 1 is 1.11 bits per heavy atom. The fraction of sp³-hybridized carbons (Fsp3) is 0.438. The molecule has 102 valence electrons. The van der Waals surface area contributed by atoms with Crippen LogP contribution in [0.2, 0.25) is 0 Å². The van der Waals surface area contributed by atoms with Crippen molar-refractivity contribution >= 4 is 11.3 Å². The number of benzene rings is 1. The molecule has 2 nitrogen and oxygen atoms in total. The Bertz CT molecular complexity index is 572. The third-order valence-corrected chi connectivity index (χ3v) is 4.66. The summed E-state index contributed by atoms with van der Waals surface area (Å²) < 4.78 is 0. The van der Waals surface area contributed by atoms with Crippen LogP contribution in [0.5, 0.6) is 0 Å². The SMILES string of the molecule is Cc1cnc(C(C)NCc2cc(C)c(C)cc2C)s1. The molecule has 0 aliphatic heterocycles. The molecule has 1 heterocycles. The van der Waals surface area contributed by atoms with Crippen LogP contribution >= 0.6 is 11.3 Å². The number of nitrogens with zero attached hydrogens (tertiary/aromatic N) is 1. The maximum atomic E-state index is 4.44. The van der Waals surface area contributed by atoms with Crippen molar-refractivity contribution in [1.82, 2.24) is 10.3 Å². The average molecular weight is 274 g/mol. The molecule has 0 radical (unpaired) electrons. The van der Waals surface area contributed by atoms with Gasteiger partial charge in [-0.05, 0) is 56.9 Å². The quantitative estimate of drug-likeness (QED) is 0.902. The molecule has 0 saturated heterocycles. The van der Waals surface area contributed by atoms with Gasteiger partial charge >= 0.3 is 0 Å². The Kier molecular flexibility index (Phi) is 4.38. The summed E-state index contributed by atoms with van der Waals surface area (Å²) in [5, 5.41) is 4.73. The van der Waals surface area contributed by atoms with Crippen LogP contribution in [0.4, 0.5) is 0 Å². The highest BCUT2D eigenvalue weighted by Crippen LogP contribution is 2.20. The van der Waals surface area contributed by atoms with E-state index in [-0.39, 0.29) is 0 Å². The molecule has 0 amide bonds. The van der Waals surface area contributed by atoms with E-state index in [1.165, 1.54) is 32.1 Å². The Morgan fingerprint density at radius 2 is 1.79 bits per heavy atom. The number of aryl methyl sites for hydroxylation is 4. The molecule has 0 spiro atoms. The Labute approximate surface area is 119 Å². The number of nitrogens with one attached hydrogen (secondary N) is 1. The highest BCUT2D eigenvalue weighted by molar-refractivity contribution is 7.11. The lowest BCUT2D eigenvalue weighted by Crippen LogP contribution is -2.18. The van der Waals surface area contributed by atoms with Gasteiger partial charge in [-0.15, -0.1) is 11.3 Å². The Hall–Kier alpha value is -1.19. The molecular formula is C16H22N2S. The topological polar surface area (TPSA) is 24.9 Å². The molecule has 2 aromatic rings. The summed E-state index contributed by atoms with van der Waals surface area (Å²) in [6.07, 6.45) is 1.94. The molecule has 3 heteroatoms. The van der Waals surface area contributed by atoms with Crippen molar-refractivity contribution in [3.05, 3.63) is 50.5 Å². The van der Waals surface area contributed by atoms with Gasteiger partial charge in [0.1, 0.15) is 5.01 Å². The fourth-order valence-electron chi connectivity index (χ4n) is 2.13. The molecule has 1 aromatic carbocycles. The van der Waals surface area contributed by atoms with E-state index in [1.54, 1.807) is 11.3 Å². The van der Waals surface area contributed by atoms with E-state index in [0.717, 1.165) is 6.54 Å². The van der Waals surface area contributed by atoms with Crippen LogP contribution in [-0.4, -0.2) is 4.98 Å². The minimum atomic E-state index is 0.305. The third-order valence-electron chi connectivity index (χ3n) is 3.56. The number of thiazole rings is 1. The van der Waals surface area contributed by atoms with Crippen molar-refractivity contribution in [2.45, 2.75) is 47.2 Å². The van der Waals surface area contributed by atoms with E-state index in [0.29, 0.717) is 6.04 Å². The first kappa shape index (κ1) is 14.2. The molecule has 1 N–H and O–H groups in total. The molecule has 0 aliphatic carbocycles. The summed E-state index contributed by atoms with van der Waals surface area (Å²) in [4.78, 5) is 5.71. The standard InChI is InChI=1S/C16H22N2S/c1-10-6-12(3)15(7-11(10)2)9-17-14(5)16-18-8-13(4)19-16/h6-8,14,17H,9H2,1-5H3. The van der Waals surface area contributed by atoms with Crippen molar-refractivity contribution in [3.63, 3.8) is 0 Å². The molecule has 1 atom stereocenters. The van der Waals surface area contributed by atoms with Crippen molar-refractivity contribution in [1.29, 1.82) is 0 Å². The zero-order valence-electron chi connectivity index (χ0n) is 12.4. The minimum Gasteiger partial charge on any atom is -0.304 e. The highest BCUT2D eigenvalue weighted by atomic mass is 32.1. The molecule has 2 rings (SSSR count). The summed E-state index contributed by atoms with van der Waals surface area (Å²) >= 11 is 1.77. The van der Waals surface area contributed by atoms with Crippen LogP contribution in [0.15, 0.2) is 18.3 Å². The number of rotatable bonds is 4. The Balaban J connectivity index is 2.04. The van der Waals surface area contributed by atoms with Gasteiger partial charge in [-0.3, -0.25) is 0 Å². The Morgan fingerprint density at radius 3 is 2.42 bits per heavy atom. The number of hydrogen-bond donors (Lipinski definition) is 1. The molecule has 1 unspecified atom stereocenters. The second-order valence-electron chi connectivity index (χ2n) is 5.27. The summed E-state index contributed by atoms with van der Waals surface area (Å²) in [6.45, 7) is 11.7. The summed E-state index contributed by atoms with van der Waals surface area (Å²) in [5.41, 5.74) is 5.46. The second kappa shape index (κ2) is 5.85. The van der Waals surface area contributed by atoms with Gasteiger partial charge in [-0.25, -0.2) is 4.98 Å². The second-order valence-corrected chi connectivity index (χ2v) is 6.54. The zero-order chi connectivity index (χ0) is 14.0. The lowest BCUT2D eigenvalue weighted by atomic mass is 10.0. The van der Waals surface area contributed by atoms with Crippen molar-refractivity contribution in [3.8, 4) is 0 Å². The molecule has 19 heavy (non-hydrogen) atoms. The van der Waals surface area contributed by atoms with Crippen molar-refractivity contribution < 1.29 is 0 Å². The summed E-state index contributed by atoms with van der Waals surface area (Å²) in [7, 11) is 0. The largest absolute Gasteiger partial charge is 0.304 e. The first-order valence-electron chi connectivity index (χ1n) is 6.70. The fourth-order valence-corrected chi connectivity index (χ4v) is 2.93. The van der Waals surface area contributed by atoms with E-state index in [9.17, 15) is 0 Å². The van der Waals surface area contributed by atoms with Crippen LogP contribution < -0.4 is 5.32 Å². The van der Waals surface area contributed by atoms with Crippen LogP contribution in [0.1, 0.15) is 45.1 Å². The van der Waals surface area contributed by atoms with Gasteiger partial charge < -0.3 is 5.32 Å². The van der Waals surface area contributed by atoms with Crippen LogP contribution in [-0.2, 0) is 6.54 Å². The first-order valence-corrected chi connectivity index (χ1v) is 7.51. The van der Waals surface area contributed by atoms with Crippen LogP contribution in [0.3, 0.4) is 0 Å². The molecular weight excluding hydrogens is 252 g/mol. The minimum absolute atomic E-state index is 0.305. The van der Waals surface area contributed by atoms with Gasteiger partial charge in [0.15, 0.2) is 0 Å². The van der Waals surface area contributed by atoms with E-state index >= 15 is 0 Å². The molecule has 0 aliphatic rings. The predicted molar refractivity (Wildman–Crippen MR) is 82.8 cm³/mol. The van der Waals surface area contributed by atoms with Crippen molar-refractivity contribution in [2.75, 3.05) is 0 Å². The number of aromatic nitrogens is 1. The normalized spacial score (nSPS) is 12.7. The van der Waals surface area contributed by atoms with Gasteiger partial charge in [-0.2, -0.15) is 0 Å². The molecule has 0 fully saturated rings. The van der Waals surface area contributed by atoms with E-state index in [1.807, 2.05) is 6.20 Å². The van der Waals surface area contributed by atoms with Gasteiger partial charge in [0.2, 0.25) is 0 Å². The van der Waals surface area contributed by atoms with E-state index in [2.05, 4.69) is 57.1 Å². The zero-order valence-corrected chi connectivity index (χ0v) is 13.2. The van der Waals surface area contributed by atoms with Gasteiger partial charge in [0.25, 0.3) is 0 Å². The van der Waals surface area contributed by atoms with Crippen LogP contribution in [0.25, 0.3) is 0 Å². The van der Waals surface area contributed by atoms with E-state index < -0.39 is 0 Å². The molecule has 0 saturated carbocycles. The van der Waals surface area contributed by atoms with Crippen molar-refractivity contribution in [2.24, 2.45) is 0 Å². The monoisotopic (exact) mass is 274 g/mol. The van der Waals surface area contributed by atoms with Gasteiger partial charge in [0, 0.05) is 17.6 Å². The smallest absolute Gasteiger partial charge is 0.109 e. The maximum Gasteiger partial charge on any atom is 0.109 e. The summed E-state index contributed by atoms with van der Waals surface area (Å²) in [6, 6.07) is 4.86. The highest BCUT2D eigenvalue weighted by Gasteiger charge is 2.10. The molecule has 1 aromatic heterocycles. The van der Waals surface area contributed by atoms with Gasteiger partial charge in [0.05, 0.1) is 6.04 Å². The first-order chi connectivity index (χ1) is 8.97. The third kappa shape index (κ3) is 3.43. The lowest BCUT2D eigenvalue weighted by molar-refractivity contribution is 0.570. The van der Waals surface area contributed by atoms with Crippen LogP contribution in [0, 0.1) is 27.7 Å². The average Bonchev–Trinajstić information content (AvgIpc) is 2.78. The summed E-state index contributed by atoms with van der Waals surface area (Å²) in [5.74, 6) is 0. The predicted octanol–water partition coefficient (Wildman–Crippen LogP) is 4.23. The number of hydrogen-bond acceptors (Lipinski definition) is 3. The molecule has 0 bridgehead atoms. The van der Waals surface area contributed by atoms with Gasteiger partial charge in [-0.1, -0.05) is 12.1 Å². The maximum absolute atomic E-state index is 4.44. The van der Waals surface area contributed by atoms with E-state index in [4.69, 9.17) is 0 Å². The lowest BCUT2D eigenvalue weighted by Gasteiger charge is -2.14.